The van der Waals surface area contributed by atoms with E-state index in [1.165, 1.54) is 14.0 Å². The van der Waals surface area contributed by atoms with Crippen LogP contribution in [-0.2, 0) is 27.4 Å². The van der Waals surface area contributed by atoms with E-state index in [1.807, 2.05) is 30.3 Å². The molecule has 2 unspecified atom stereocenters. The smallest absolute Gasteiger partial charge is 0.372 e. The van der Waals surface area contributed by atoms with Crippen molar-refractivity contribution in [3.63, 3.8) is 0 Å². The second-order valence-electron chi connectivity index (χ2n) is 7.91. The normalized spacial score (nSPS) is 25.2. The maximum atomic E-state index is 13.2. The van der Waals surface area contributed by atoms with Gasteiger partial charge in [-0.15, -0.1) is 0 Å². The number of hydrogen-bond acceptors (Lipinski definition) is 4. The lowest BCUT2D eigenvalue weighted by Gasteiger charge is -2.32. The number of methoxy groups -OCH3 is 1. The Hall–Kier alpha value is -2.14. The second kappa shape index (κ2) is 9.01. The molecule has 2 aromatic rings. The summed E-state index contributed by atoms with van der Waals surface area (Å²) in [5.41, 5.74) is 3.19. The first-order valence-electron chi connectivity index (χ1n) is 9.88. The van der Waals surface area contributed by atoms with Crippen molar-refractivity contribution < 1.29 is 35.8 Å². The Morgan fingerprint density at radius 1 is 1.03 bits per heavy atom. The third kappa shape index (κ3) is 5.25. The van der Waals surface area contributed by atoms with Gasteiger partial charge in [0.15, 0.2) is 0 Å². The average molecular weight is 462 g/mol. The van der Waals surface area contributed by atoms with Crippen LogP contribution in [0.2, 0.25) is 0 Å². The van der Waals surface area contributed by atoms with Crippen LogP contribution >= 0.6 is 0 Å². The molecule has 1 fully saturated rings. The molecule has 1 saturated heterocycles. The molecule has 1 aliphatic rings. The van der Waals surface area contributed by atoms with Crippen LogP contribution in [-0.4, -0.2) is 26.0 Å². The summed E-state index contributed by atoms with van der Waals surface area (Å²) in [6.07, 6.45) is -11.0. The first kappa shape index (κ1) is 24.5. The summed E-state index contributed by atoms with van der Waals surface area (Å²) < 4.78 is 90.3. The first-order chi connectivity index (χ1) is 14.9. The van der Waals surface area contributed by atoms with Gasteiger partial charge >= 0.3 is 12.4 Å². The Morgan fingerprint density at radius 3 is 2.06 bits per heavy atom. The quantitative estimate of drug-likeness (QED) is 0.594. The summed E-state index contributed by atoms with van der Waals surface area (Å²) in [4.78, 5) is 0. The molecule has 32 heavy (non-hydrogen) atoms. The largest absolute Gasteiger partial charge is 0.416 e. The molecule has 2 aromatic carbocycles. The Labute approximate surface area is 181 Å². The maximum absolute atomic E-state index is 13.2. The van der Waals surface area contributed by atoms with Gasteiger partial charge in [-0.3, -0.25) is 5.32 Å². The molecule has 176 valence electrons. The maximum Gasteiger partial charge on any atom is 0.416 e. The zero-order chi connectivity index (χ0) is 23.7. The van der Waals surface area contributed by atoms with Crippen LogP contribution in [0, 0.1) is 0 Å². The van der Waals surface area contributed by atoms with Crippen molar-refractivity contribution in [2.45, 2.75) is 49.6 Å². The van der Waals surface area contributed by atoms with Crippen LogP contribution in [0.3, 0.4) is 0 Å². The predicted octanol–water partition coefficient (Wildman–Crippen LogP) is 4.99. The van der Waals surface area contributed by atoms with E-state index in [9.17, 15) is 26.3 Å². The van der Waals surface area contributed by atoms with Crippen molar-refractivity contribution in [2.24, 2.45) is 5.73 Å². The number of benzene rings is 2. The number of alkyl halides is 6. The van der Waals surface area contributed by atoms with E-state index in [2.05, 4.69) is 5.32 Å². The minimum absolute atomic E-state index is 0.0384. The average Bonchev–Trinajstić information content (AvgIpc) is 3.08. The molecule has 0 aromatic heterocycles. The Morgan fingerprint density at radius 2 is 1.59 bits per heavy atom. The van der Waals surface area contributed by atoms with E-state index in [-0.39, 0.29) is 24.3 Å². The minimum Gasteiger partial charge on any atom is -0.372 e. The number of ether oxygens (including phenoxy) is 2. The Kier molecular flexibility index (Phi) is 6.90. The van der Waals surface area contributed by atoms with Crippen molar-refractivity contribution in [3.8, 4) is 0 Å². The van der Waals surface area contributed by atoms with Gasteiger partial charge < -0.3 is 15.2 Å². The number of halogens is 6. The molecule has 3 N–H and O–H groups in total. The van der Waals surface area contributed by atoms with Crippen LogP contribution in [0.4, 0.5) is 26.3 Å². The number of rotatable bonds is 6. The van der Waals surface area contributed by atoms with Crippen LogP contribution in [0.5, 0.6) is 0 Å². The molecule has 0 spiro atoms. The summed E-state index contributed by atoms with van der Waals surface area (Å²) in [6, 6.07) is 10.2. The van der Waals surface area contributed by atoms with Crippen molar-refractivity contribution in [1.82, 2.24) is 5.32 Å². The fourth-order valence-corrected chi connectivity index (χ4v) is 3.90. The third-order valence-electron chi connectivity index (χ3n) is 5.63. The van der Waals surface area contributed by atoms with E-state index in [1.54, 1.807) is 0 Å². The van der Waals surface area contributed by atoms with Gasteiger partial charge in [-0.2, -0.15) is 26.3 Å². The van der Waals surface area contributed by atoms with E-state index in [0.717, 1.165) is 5.56 Å². The van der Waals surface area contributed by atoms with Crippen molar-refractivity contribution in [3.05, 3.63) is 70.8 Å². The predicted molar refractivity (Wildman–Crippen MR) is 105 cm³/mol. The van der Waals surface area contributed by atoms with E-state index in [0.29, 0.717) is 18.6 Å². The number of nitrogens with one attached hydrogen (secondary N) is 1. The molecule has 4 atom stereocenters. The van der Waals surface area contributed by atoms with Gasteiger partial charge in [-0.05, 0) is 42.7 Å². The summed E-state index contributed by atoms with van der Waals surface area (Å²) in [5, 5.41) is 3.27. The Balaban J connectivity index is 1.89. The standard InChI is InChI=1S/C22H24F6N2O2/c1-13(14-8-16(21(23,24)25)10-17(9-14)22(26,27)28)32-12-20(15-6-4-3-5-7-15)11-18(29)19(30-20)31-2/h3-10,13,18-19,30H,11-12,29H2,1-2H3/t13-,18?,19?,20-/m1/s1. The van der Waals surface area contributed by atoms with Gasteiger partial charge in [0, 0.05) is 13.2 Å². The molecule has 4 nitrogen and oxygen atoms in total. The molecule has 1 heterocycles. The van der Waals surface area contributed by atoms with E-state index >= 15 is 0 Å². The molecule has 0 saturated carbocycles. The van der Waals surface area contributed by atoms with Crippen molar-refractivity contribution >= 4 is 0 Å². The fourth-order valence-electron chi connectivity index (χ4n) is 3.90. The highest BCUT2D eigenvalue weighted by Crippen LogP contribution is 2.39. The lowest BCUT2D eigenvalue weighted by atomic mass is 9.88. The fraction of sp³-hybridized carbons (Fsp3) is 0.455. The SMILES string of the molecule is COC1N[C@](CO[C@H](C)c2cc(C(F)(F)F)cc(C(F)(F)F)c2)(c2ccccc2)CC1N. The highest BCUT2D eigenvalue weighted by molar-refractivity contribution is 5.35. The van der Waals surface area contributed by atoms with Crippen molar-refractivity contribution in [2.75, 3.05) is 13.7 Å². The molecule has 0 bridgehead atoms. The molecular weight excluding hydrogens is 438 g/mol. The molecule has 1 aliphatic heterocycles. The molecular formula is C22H24F6N2O2. The zero-order valence-corrected chi connectivity index (χ0v) is 17.4. The van der Waals surface area contributed by atoms with Gasteiger partial charge in [0.05, 0.1) is 29.4 Å². The molecule has 10 heteroatoms. The topological polar surface area (TPSA) is 56.5 Å². The highest BCUT2D eigenvalue weighted by Gasteiger charge is 2.45. The van der Waals surface area contributed by atoms with Gasteiger partial charge in [-0.25, -0.2) is 0 Å². The molecule has 0 radical (unpaired) electrons. The number of nitrogens with two attached hydrogens (primary N) is 1. The summed E-state index contributed by atoms with van der Waals surface area (Å²) in [7, 11) is 1.49. The summed E-state index contributed by atoms with van der Waals surface area (Å²) >= 11 is 0. The van der Waals surface area contributed by atoms with Gasteiger partial charge in [0.25, 0.3) is 0 Å². The summed E-state index contributed by atoms with van der Waals surface area (Å²) in [6.45, 7) is 1.38. The molecule has 0 amide bonds. The van der Waals surface area contributed by atoms with Crippen LogP contribution in [0.15, 0.2) is 48.5 Å². The van der Waals surface area contributed by atoms with Crippen LogP contribution in [0.25, 0.3) is 0 Å². The first-order valence-corrected chi connectivity index (χ1v) is 9.88. The molecule has 0 aliphatic carbocycles. The lowest BCUT2D eigenvalue weighted by molar-refractivity contribution is -0.143. The highest BCUT2D eigenvalue weighted by atomic mass is 19.4. The van der Waals surface area contributed by atoms with E-state index < -0.39 is 41.4 Å². The minimum atomic E-state index is -4.92. The molecule has 3 rings (SSSR count). The monoisotopic (exact) mass is 462 g/mol. The van der Waals surface area contributed by atoms with Gasteiger partial charge in [-0.1, -0.05) is 30.3 Å². The van der Waals surface area contributed by atoms with Crippen LogP contribution in [0.1, 0.15) is 41.7 Å². The summed E-state index contributed by atoms with van der Waals surface area (Å²) in [5.74, 6) is 0. The van der Waals surface area contributed by atoms with Crippen LogP contribution < -0.4 is 11.1 Å². The number of hydrogen-bond donors (Lipinski definition) is 2. The zero-order valence-electron chi connectivity index (χ0n) is 17.4. The van der Waals surface area contributed by atoms with Gasteiger partial charge in [0.2, 0.25) is 0 Å². The third-order valence-corrected chi connectivity index (χ3v) is 5.63. The second-order valence-corrected chi connectivity index (χ2v) is 7.91. The van der Waals surface area contributed by atoms with E-state index in [4.69, 9.17) is 15.2 Å². The lowest BCUT2D eigenvalue weighted by Crippen LogP contribution is -2.46. The van der Waals surface area contributed by atoms with Gasteiger partial charge in [0.1, 0.15) is 6.23 Å². The van der Waals surface area contributed by atoms with Crippen molar-refractivity contribution in [1.29, 1.82) is 0 Å². The Bertz CT molecular complexity index is 887.